The molecule has 19 heavy (non-hydrogen) atoms. The Kier molecular flexibility index (Phi) is 7.71. The minimum Gasteiger partial charge on any atom is -0.434 e. The van der Waals surface area contributed by atoms with E-state index in [-0.39, 0.29) is 6.10 Å². The van der Waals surface area contributed by atoms with Gasteiger partial charge in [0, 0.05) is 0 Å². The Morgan fingerprint density at radius 3 is 2.42 bits per heavy atom. The summed E-state index contributed by atoms with van der Waals surface area (Å²) >= 11 is 0. The summed E-state index contributed by atoms with van der Waals surface area (Å²) in [5.41, 5.74) is 1.03. The highest BCUT2D eigenvalue weighted by Gasteiger charge is 2.16. The molecule has 1 atom stereocenters. The Labute approximate surface area is 115 Å². The molecule has 0 saturated heterocycles. The topological polar surface area (TPSA) is 35.5 Å². The van der Waals surface area contributed by atoms with Gasteiger partial charge in [-0.2, -0.15) is 0 Å². The fraction of sp³-hybridized carbons (Fsp3) is 0.562. The molecule has 0 fully saturated rings. The van der Waals surface area contributed by atoms with Crippen molar-refractivity contribution >= 4 is 6.16 Å². The third-order valence-electron chi connectivity index (χ3n) is 2.95. The van der Waals surface area contributed by atoms with Gasteiger partial charge in [-0.1, -0.05) is 57.0 Å². The molecule has 0 aliphatic heterocycles. The van der Waals surface area contributed by atoms with Crippen molar-refractivity contribution in [3.8, 4) is 0 Å². The van der Waals surface area contributed by atoms with Gasteiger partial charge >= 0.3 is 6.16 Å². The van der Waals surface area contributed by atoms with Crippen molar-refractivity contribution in [3.63, 3.8) is 0 Å². The fourth-order valence-electron chi connectivity index (χ4n) is 1.80. The number of benzene rings is 1. The molecule has 0 radical (unpaired) electrons. The van der Waals surface area contributed by atoms with Crippen molar-refractivity contribution in [2.75, 3.05) is 6.61 Å². The van der Waals surface area contributed by atoms with Crippen molar-refractivity contribution in [2.24, 2.45) is 0 Å². The number of hydrogen-bond donors (Lipinski definition) is 0. The molecule has 106 valence electrons. The van der Waals surface area contributed by atoms with Gasteiger partial charge in [-0.15, -0.1) is 0 Å². The molecule has 0 N–H and O–H groups in total. The summed E-state index contributed by atoms with van der Waals surface area (Å²) in [6, 6.07) is 9.85. The largest absolute Gasteiger partial charge is 0.508 e. The van der Waals surface area contributed by atoms with Crippen LogP contribution < -0.4 is 0 Å². The van der Waals surface area contributed by atoms with Crippen molar-refractivity contribution in [1.29, 1.82) is 0 Å². The van der Waals surface area contributed by atoms with E-state index >= 15 is 0 Å². The summed E-state index contributed by atoms with van der Waals surface area (Å²) < 4.78 is 10.5. The van der Waals surface area contributed by atoms with Gasteiger partial charge in [0.25, 0.3) is 0 Å². The third kappa shape index (κ3) is 6.27. The number of unbranched alkanes of at least 4 members (excludes halogenated alkanes) is 2. The number of hydrogen-bond acceptors (Lipinski definition) is 3. The Balaban J connectivity index is 2.52. The third-order valence-corrected chi connectivity index (χ3v) is 2.95. The summed E-state index contributed by atoms with van der Waals surface area (Å²) in [6.45, 7) is 4.62. The summed E-state index contributed by atoms with van der Waals surface area (Å²) in [5, 5.41) is 0. The van der Waals surface area contributed by atoms with E-state index in [1.54, 1.807) is 0 Å². The van der Waals surface area contributed by atoms with Gasteiger partial charge in [-0.25, -0.2) is 4.79 Å². The molecule has 0 bridgehead atoms. The number of carbonyl (C=O) groups is 1. The van der Waals surface area contributed by atoms with Gasteiger partial charge in [0.15, 0.2) is 0 Å². The van der Waals surface area contributed by atoms with Crippen LogP contribution in [0.5, 0.6) is 0 Å². The van der Waals surface area contributed by atoms with Crippen molar-refractivity contribution in [1.82, 2.24) is 0 Å². The maximum absolute atomic E-state index is 11.6. The quantitative estimate of drug-likeness (QED) is 0.496. The van der Waals surface area contributed by atoms with Gasteiger partial charge in [-0.3, -0.25) is 0 Å². The van der Waals surface area contributed by atoms with E-state index < -0.39 is 6.16 Å². The van der Waals surface area contributed by atoms with Gasteiger partial charge in [-0.05, 0) is 24.8 Å². The lowest BCUT2D eigenvalue weighted by Gasteiger charge is -2.17. The van der Waals surface area contributed by atoms with Gasteiger partial charge in [0.2, 0.25) is 0 Å². The van der Waals surface area contributed by atoms with Crippen LogP contribution in [-0.2, 0) is 9.47 Å². The van der Waals surface area contributed by atoms with Gasteiger partial charge in [0.05, 0.1) is 6.61 Å². The minimum atomic E-state index is -0.557. The first kappa shape index (κ1) is 15.5. The lowest BCUT2D eigenvalue weighted by molar-refractivity contribution is 0.0186. The molecule has 0 aliphatic rings. The van der Waals surface area contributed by atoms with Gasteiger partial charge < -0.3 is 9.47 Å². The first-order valence-corrected chi connectivity index (χ1v) is 7.16. The first-order valence-electron chi connectivity index (χ1n) is 7.16. The zero-order valence-corrected chi connectivity index (χ0v) is 11.9. The van der Waals surface area contributed by atoms with E-state index in [1.807, 2.05) is 30.3 Å². The van der Waals surface area contributed by atoms with E-state index in [9.17, 15) is 4.79 Å². The Morgan fingerprint density at radius 1 is 1.11 bits per heavy atom. The number of rotatable bonds is 8. The van der Waals surface area contributed by atoms with Crippen molar-refractivity contribution < 1.29 is 14.3 Å². The molecular weight excluding hydrogens is 240 g/mol. The second kappa shape index (κ2) is 9.42. The molecule has 0 aliphatic carbocycles. The molecule has 1 aromatic carbocycles. The van der Waals surface area contributed by atoms with Gasteiger partial charge in [0.1, 0.15) is 6.10 Å². The van der Waals surface area contributed by atoms with Crippen molar-refractivity contribution in [2.45, 2.75) is 52.1 Å². The Hall–Kier alpha value is -1.51. The minimum absolute atomic E-state index is 0.199. The molecule has 3 heteroatoms. The normalized spacial score (nSPS) is 11.9. The second-order valence-corrected chi connectivity index (χ2v) is 4.61. The Bertz CT molecular complexity index is 348. The van der Waals surface area contributed by atoms with Crippen LogP contribution in [0.2, 0.25) is 0 Å². The van der Waals surface area contributed by atoms with Crippen LogP contribution in [0.3, 0.4) is 0 Å². The average Bonchev–Trinajstić information content (AvgIpc) is 2.44. The number of ether oxygens (including phenoxy) is 2. The highest BCUT2D eigenvalue weighted by molar-refractivity contribution is 5.60. The maximum Gasteiger partial charge on any atom is 0.508 e. The highest BCUT2D eigenvalue weighted by atomic mass is 16.7. The monoisotopic (exact) mass is 264 g/mol. The van der Waals surface area contributed by atoms with Crippen LogP contribution in [0, 0.1) is 0 Å². The summed E-state index contributed by atoms with van der Waals surface area (Å²) in [7, 11) is 0. The molecule has 1 aromatic rings. The lowest BCUT2D eigenvalue weighted by atomic mass is 10.0. The maximum atomic E-state index is 11.6. The number of carbonyl (C=O) groups excluding carboxylic acids is 1. The van der Waals surface area contributed by atoms with Crippen LogP contribution in [-0.4, -0.2) is 12.8 Å². The van der Waals surface area contributed by atoms with Crippen LogP contribution in [0.4, 0.5) is 4.79 Å². The molecule has 0 amide bonds. The van der Waals surface area contributed by atoms with Crippen LogP contribution >= 0.6 is 0 Å². The summed E-state index contributed by atoms with van der Waals surface area (Å²) in [5.74, 6) is 0. The van der Waals surface area contributed by atoms with Crippen LogP contribution in [0.25, 0.3) is 0 Å². The van der Waals surface area contributed by atoms with E-state index in [0.29, 0.717) is 6.61 Å². The van der Waals surface area contributed by atoms with E-state index in [4.69, 9.17) is 9.47 Å². The lowest BCUT2D eigenvalue weighted by Crippen LogP contribution is -2.13. The summed E-state index contributed by atoms with van der Waals surface area (Å²) in [6.07, 6.45) is 4.07. The molecule has 1 rings (SSSR count). The SMILES string of the molecule is CCCCOC(=O)OC(CCCC)c1ccccc1. The molecular formula is C16H24O3. The standard InChI is InChI=1S/C16H24O3/c1-3-5-12-15(14-10-8-7-9-11-14)19-16(17)18-13-6-4-2/h7-11,15H,3-6,12-13H2,1-2H3. The summed E-state index contributed by atoms with van der Waals surface area (Å²) in [4.78, 5) is 11.6. The molecule has 1 unspecified atom stereocenters. The first-order chi connectivity index (χ1) is 9.27. The second-order valence-electron chi connectivity index (χ2n) is 4.61. The predicted octanol–water partition coefficient (Wildman–Crippen LogP) is 4.87. The zero-order chi connectivity index (χ0) is 13.9. The zero-order valence-electron chi connectivity index (χ0n) is 11.9. The molecule has 0 spiro atoms. The van der Waals surface area contributed by atoms with Crippen molar-refractivity contribution in [3.05, 3.63) is 35.9 Å². The highest BCUT2D eigenvalue weighted by Crippen LogP contribution is 2.23. The molecule has 3 nitrogen and oxygen atoms in total. The van der Waals surface area contributed by atoms with E-state index in [2.05, 4.69) is 13.8 Å². The predicted molar refractivity (Wildman–Crippen MR) is 76.0 cm³/mol. The molecule has 0 heterocycles. The van der Waals surface area contributed by atoms with Crippen LogP contribution in [0.15, 0.2) is 30.3 Å². The molecule has 0 saturated carbocycles. The van der Waals surface area contributed by atoms with Crippen LogP contribution in [0.1, 0.15) is 57.6 Å². The smallest absolute Gasteiger partial charge is 0.434 e. The molecule has 0 aromatic heterocycles. The average molecular weight is 264 g/mol. The van der Waals surface area contributed by atoms with E-state index in [0.717, 1.165) is 37.7 Å². The van der Waals surface area contributed by atoms with E-state index in [1.165, 1.54) is 0 Å². The fourth-order valence-corrected chi connectivity index (χ4v) is 1.80. The Morgan fingerprint density at radius 2 is 1.79 bits per heavy atom.